The number of nitrogens with two attached hydrogens (primary N) is 1. The third kappa shape index (κ3) is 2.39. The summed E-state index contributed by atoms with van der Waals surface area (Å²) in [6.45, 7) is 1.82. The smallest absolute Gasteiger partial charge is 0.0745 e. The van der Waals surface area contributed by atoms with Gasteiger partial charge in [-0.2, -0.15) is 0 Å². The van der Waals surface area contributed by atoms with Crippen molar-refractivity contribution in [2.45, 2.75) is 18.9 Å². The monoisotopic (exact) mass is 244 g/mol. The molecule has 2 rings (SSSR count). The van der Waals surface area contributed by atoms with Crippen molar-refractivity contribution in [3.63, 3.8) is 0 Å². The van der Waals surface area contributed by atoms with Crippen molar-refractivity contribution in [1.82, 2.24) is 0 Å². The van der Waals surface area contributed by atoms with Crippen LogP contribution in [0.1, 0.15) is 12.8 Å². The van der Waals surface area contributed by atoms with Gasteiger partial charge in [0.25, 0.3) is 0 Å². The maximum Gasteiger partial charge on any atom is 0.0745 e. The molecule has 1 atom stereocenters. The third-order valence-electron chi connectivity index (χ3n) is 2.71. The van der Waals surface area contributed by atoms with Crippen LogP contribution >= 0.6 is 23.2 Å². The Labute approximate surface area is 100.0 Å². The van der Waals surface area contributed by atoms with E-state index in [9.17, 15) is 0 Å². The highest BCUT2D eigenvalue weighted by Crippen LogP contribution is 2.34. The van der Waals surface area contributed by atoms with E-state index in [1.807, 2.05) is 18.2 Å². The van der Waals surface area contributed by atoms with Gasteiger partial charge in [0.2, 0.25) is 0 Å². The van der Waals surface area contributed by atoms with Gasteiger partial charge < -0.3 is 10.6 Å². The van der Waals surface area contributed by atoms with Crippen LogP contribution < -0.4 is 10.6 Å². The second-order valence-electron chi connectivity index (χ2n) is 3.92. The second-order valence-corrected chi connectivity index (χ2v) is 4.73. The van der Waals surface area contributed by atoms with Gasteiger partial charge in [-0.05, 0) is 25.0 Å². The topological polar surface area (TPSA) is 29.3 Å². The van der Waals surface area contributed by atoms with Crippen LogP contribution in [0, 0.1) is 0 Å². The lowest BCUT2D eigenvalue weighted by Crippen LogP contribution is -2.43. The number of hydrogen-bond acceptors (Lipinski definition) is 2. The summed E-state index contributed by atoms with van der Waals surface area (Å²) in [6, 6.07) is 5.82. The van der Waals surface area contributed by atoms with E-state index in [1.165, 1.54) is 0 Å². The molecule has 2 N–H and O–H groups in total. The molecule has 82 valence electrons. The number of benzene rings is 1. The third-order valence-corrected chi connectivity index (χ3v) is 3.32. The van der Waals surface area contributed by atoms with E-state index in [2.05, 4.69) is 4.90 Å². The van der Waals surface area contributed by atoms with E-state index in [0.717, 1.165) is 31.6 Å². The maximum atomic E-state index is 6.14. The molecule has 0 saturated carbocycles. The van der Waals surface area contributed by atoms with E-state index in [1.54, 1.807) is 0 Å². The van der Waals surface area contributed by atoms with Gasteiger partial charge in [-0.3, -0.25) is 0 Å². The first kappa shape index (κ1) is 11.1. The summed E-state index contributed by atoms with van der Waals surface area (Å²) in [7, 11) is 0. The summed E-state index contributed by atoms with van der Waals surface area (Å²) < 4.78 is 0. The molecule has 1 fully saturated rings. The highest BCUT2D eigenvalue weighted by Gasteiger charge is 2.20. The van der Waals surface area contributed by atoms with Crippen molar-refractivity contribution in [3.05, 3.63) is 28.2 Å². The molecule has 1 aromatic rings. The van der Waals surface area contributed by atoms with Crippen LogP contribution in [0.4, 0.5) is 5.69 Å². The average Bonchev–Trinajstić information content (AvgIpc) is 2.17. The molecule has 15 heavy (non-hydrogen) atoms. The summed E-state index contributed by atoms with van der Waals surface area (Å²) >= 11 is 12.3. The Bertz CT molecular complexity index is 334. The Morgan fingerprint density at radius 3 is 2.53 bits per heavy atom. The van der Waals surface area contributed by atoms with Crippen molar-refractivity contribution < 1.29 is 0 Å². The Morgan fingerprint density at radius 1 is 1.27 bits per heavy atom. The van der Waals surface area contributed by atoms with Crippen LogP contribution in [-0.4, -0.2) is 19.1 Å². The molecule has 1 unspecified atom stereocenters. The number of nitrogens with zero attached hydrogens (tertiary/aromatic N) is 1. The van der Waals surface area contributed by atoms with Crippen molar-refractivity contribution >= 4 is 28.9 Å². The molecule has 1 aromatic carbocycles. The van der Waals surface area contributed by atoms with Gasteiger partial charge in [-0.15, -0.1) is 0 Å². The molecule has 0 aliphatic carbocycles. The summed E-state index contributed by atoms with van der Waals surface area (Å²) in [4.78, 5) is 2.18. The molecule has 0 spiro atoms. The fraction of sp³-hybridized carbons (Fsp3) is 0.455. The standard InChI is InChI=1S/C11H14Cl2N2/c12-9-4-1-5-10(13)11(9)15-6-2-3-8(14)7-15/h1,4-5,8H,2-3,6-7,14H2. The zero-order chi connectivity index (χ0) is 10.8. The van der Waals surface area contributed by atoms with Crippen LogP contribution in [0.3, 0.4) is 0 Å². The van der Waals surface area contributed by atoms with Crippen LogP contribution in [-0.2, 0) is 0 Å². The van der Waals surface area contributed by atoms with E-state index in [0.29, 0.717) is 10.0 Å². The lowest BCUT2D eigenvalue weighted by molar-refractivity contribution is 0.506. The molecule has 0 bridgehead atoms. The lowest BCUT2D eigenvalue weighted by Gasteiger charge is -2.33. The van der Waals surface area contributed by atoms with Gasteiger partial charge in [-0.1, -0.05) is 29.3 Å². The molecule has 2 nitrogen and oxygen atoms in total. The van der Waals surface area contributed by atoms with E-state index >= 15 is 0 Å². The minimum atomic E-state index is 0.228. The predicted octanol–water partition coefficient (Wildman–Crippen LogP) is 2.92. The van der Waals surface area contributed by atoms with Crippen molar-refractivity contribution in [3.8, 4) is 0 Å². The highest BCUT2D eigenvalue weighted by atomic mass is 35.5. The molecule has 1 aliphatic heterocycles. The largest absolute Gasteiger partial charge is 0.368 e. The highest BCUT2D eigenvalue weighted by molar-refractivity contribution is 6.39. The number of hydrogen-bond donors (Lipinski definition) is 1. The van der Waals surface area contributed by atoms with Crippen LogP contribution in [0.25, 0.3) is 0 Å². The number of halogens is 2. The second kappa shape index (κ2) is 4.60. The molecular formula is C11H14Cl2N2. The van der Waals surface area contributed by atoms with E-state index in [4.69, 9.17) is 28.9 Å². The zero-order valence-corrected chi connectivity index (χ0v) is 9.93. The van der Waals surface area contributed by atoms with Crippen molar-refractivity contribution in [2.24, 2.45) is 5.73 Å². The molecule has 0 radical (unpaired) electrons. The minimum absolute atomic E-state index is 0.228. The summed E-state index contributed by atoms with van der Waals surface area (Å²) in [5, 5.41) is 1.41. The quantitative estimate of drug-likeness (QED) is 0.824. The van der Waals surface area contributed by atoms with Crippen LogP contribution in [0.5, 0.6) is 0 Å². The van der Waals surface area contributed by atoms with Crippen LogP contribution in [0.15, 0.2) is 18.2 Å². The number of piperidine rings is 1. The van der Waals surface area contributed by atoms with Gasteiger partial charge in [0, 0.05) is 19.1 Å². The maximum absolute atomic E-state index is 6.14. The molecule has 1 heterocycles. The molecule has 0 aromatic heterocycles. The van der Waals surface area contributed by atoms with Crippen LogP contribution in [0.2, 0.25) is 10.0 Å². The van der Waals surface area contributed by atoms with Gasteiger partial charge in [0.05, 0.1) is 15.7 Å². The predicted molar refractivity (Wildman–Crippen MR) is 65.9 cm³/mol. The number of rotatable bonds is 1. The van der Waals surface area contributed by atoms with Gasteiger partial charge in [-0.25, -0.2) is 0 Å². The SMILES string of the molecule is NC1CCCN(c2c(Cl)cccc2Cl)C1. The van der Waals surface area contributed by atoms with Crippen molar-refractivity contribution in [2.75, 3.05) is 18.0 Å². The van der Waals surface area contributed by atoms with Gasteiger partial charge >= 0.3 is 0 Å². The number of para-hydroxylation sites is 1. The summed E-state index contributed by atoms with van der Waals surface area (Å²) in [5.41, 5.74) is 6.86. The Balaban J connectivity index is 2.28. The minimum Gasteiger partial charge on any atom is -0.368 e. The first-order valence-corrected chi connectivity index (χ1v) is 5.88. The Kier molecular flexibility index (Phi) is 3.39. The van der Waals surface area contributed by atoms with E-state index in [-0.39, 0.29) is 6.04 Å². The average molecular weight is 245 g/mol. The van der Waals surface area contributed by atoms with Gasteiger partial charge in [0.1, 0.15) is 0 Å². The summed E-state index contributed by atoms with van der Waals surface area (Å²) in [6.07, 6.45) is 2.18. The molecule has 0 amide bonds. The van der Waals surface area contributed by atoms with Crippen molar-refractivity contribution in [1.29, 1.82) is 0 Å². The molecule has 1 saturated heterocycles. The Hall–Kier alpha value is -0.440. The first-order chi connectivity index (χ1) is 7.18. The molecule has 1 aliphatic rings. The summed E-state index contributed by atoms with van der Waals surface area (Å²) in [5.74, 6) is 0. The Morgan fingerprint density at radius 2 is 1.93 bits per heavy atom. The number of anilines is 1. The lowest BCUT2D eigenvalue weighted by atomic mass is 10.1. The normalized spacial score (nSPS) is 21.8. The fourth-order valence-electron chi connectivity index (χ4n) is 2.00. The molecule has 4 heteroatoms. The zero-order valence-electron chi connectivity index (χ0n) is 8.42. The van der Waals surface area contributed by atoms with Gasteiger partial charge in [0.15, 0.2) is 0 Å². The first-order valence-electron chi connectivity index (χ1n) is 5.13. The van der Waals surface area contributed by atoms with E-state index < -0.39 is 0 Å². The fourth-order valence-corrected chi connectivity index (χ4v) is 2.64. The molecular weight excluding hydrogens is 231 g/mol.